The van der Waals surface area contributed by atoms with Crippen molar-refractivity contribution in [1.29, 1.82) is 0 Å². The smallest absolute Gasteiger partial charge is 0.338 e. The lowest BCUT2D eigenvalue weighted by Crippen LogP contribution is -2.56. The van der Waals surface area contributed by atoms with Crippen LogP contribution in [0.3, 0.4) is 0 Å². The van der Waals surface area contributed by atoms with E-state index in [1.165, 1.54) is 7.11 Å². The second kappa shape index (κ2) is 12.1. The second-order valence-electron chi connectivity index (χ2n) is 15.5. The minimum Gasteiger partial charge on any atom is -0.469 e. The molecule has 1 aromatic carbocycles. The highest BCUT2D eigenvalue weighted by molar-refractivity contribution is 6.05. The Balaban J connectivity index is 1.48. The molecule has 0 saturated heterocycles. The van der Waals surface area contributed by atoms with E-state index in [2.05, 4.69) is 26.1 Å². The summed E-state index contributed by atoms with van der Waals surface area (Å²) in [5.74, 6) is 0.410. The Morgan fingerprint density at radius 2 is 1.73 bits per heavy atom. The monoisotopic (exact) mass is 605 g/mol. The molecule has 3 saturated carbocycles. The molecule has 3 fully saturated rings. The van der Waals surface area contributed by atoms with E-state index < -0.39 is 10.8 Å². The molecule has 7 nitrogen and oxygen atoms in total. The van der Waals surface area contributed by atoms with Crippen LogP contribution in [0.15, 0.2) is 41.6 Å². The predicted molar refractivity (Wildman–Crippen MR) is 168 cm³/mol. The number of ketones is 1. The zero-order valence-electron chi connectivity index (χ0n) is 27.7. The molecule has 1 amide bonds. The standard InChI is InChI=1S/C37H51NO6/c1-22(13-18-29(39)43-7)27-16-17-28-26-15-14-24-21-25(44-33(41)23-11-9-8-10-12-23)19-20-36(24,5)30(26)31(32(40)37(27,28)6)38-34(42)35(2,3)4/h8-12,22,24-28H,13-21H2,1-7H3,(H,38,42)/t22-,24-,25-,26+,27-,28+,36+,37-/m1/s1. The summed E-state index contributed by atoms with van der Waals surface area (Å²) >= 11 is 0. The molecule has 1 aromatic rings. The van der Waals surface area contributed by atoms with Gasteiger partial charge in [-0.1, -0.05) is 59.7 Å². The normalized spacial score (nSPS) is 33.9. The van der Waals surface area contributed by atoms with E-state index in [4.69, 9.17) is 9.47 Å². The van der Waals surface area contributed by atoms with E-state index in [-0.39, 0.29) is 64.7 Å². The highest BCUT2D eigenvalue weighted by atomic mass is 16.5. The Morgan fingerprint density at radius 1 is 1.02 bits per heavy atom. The minimum atomic E-state index is -0.651. The number of carbonyl (C=O) groups excluding carboxylic acids is 4. The Kier molecular flexibility index (Phi) is 8.91. The van der Waals surface area contributed by atoms with E-state index in [0.29, 0.717) is 24.1 Å². The van der Waals surface area contributed by atoms with Crippen molar-refractivity contribution in [3.8, 4) is 0 Å². The third kappa shape index (κ3) is 5.64. The van der Waals surface area contributed by atoms with Crippen molar-refractivity contribution >= 4 is 23.6 Å². The molecule has 4 aliphatic carbocycles. The number of esters is 2. The highest BCUT2D eigenvalue weighted by Crippen LogP contribution is 2.66. The van der Waals surface area contributed by atoms with Gasteiger partial charge in [0.2, 0.25) is 5.91 Å². The van der Waals surface area contributed by atoms with Crippen LogP contribution in [-0.4, -0.2) is 36.8 Å². The van der Waals surface area contributed by atoms with Crippen LogP contribution in [-0.2, 0) is 23.9 Å². The van der Waals surface area contributed by atoms with E-state index in [9.17, 15) is 19.2 Å². The van der Waals surface area contributed by atoms with Gasteiger partial charge in [0.15, 0.2) is 5.78 Å². The van der Waals surface area contributed by atoms with Crippen molar-refractivity contribution in [1.82, 2.24) is 5.32 Å². The summed E-state index contributed by atoms with van der Waals surface area (Å²) in [5.41, 5.74) is 0.735. The highest BCUT2D eigenvalue weighted by Gasteiger charge is 2.63. The van der Waals surface area contributed by atoms with Crippen LogP contribution in [0, 0.1) is 45.8 Å². The fourth-order valence-electron chi connectivity index (χ4n) is 9.40. The minimum absolute atomic E-state index is 0.0678. The largest absolute Gasteiger partial charge is 0.469 e. The Labute approximate surface area is 262 Å². The molecule has 0 radical (unpaired) electrons. The zero-order valence-corrected chi connectivity index (χ0v) is 27.7. The number of Topliss-reactive ketones (excluding diaryl/α,β-unsaturated/α-hetero) is 1. The van der Waals surface area contributed by atoms with Gasteiger partial charge in [0.1, 0.15) is 6.10 Å². The molecule has 4 aliphatic rings. The number of nitrogens with one attached hydrogen (secondary N) is 1. The third-order valence-electron chi connectivity index (χ3n) is 12.0. The predicted octanol–water partition coefficient (Wildman–Crippen LogP) is 7.05. The lowest BCUT2D eigenvalue weighted by molar-refractivity contribution is -0.141. The molecule has 5 rings (SSSR count). The van der Waals surface area contributed by atoms with Crippen LogP contribution in [0.2, 0.25) is 0 Å². The summed E-state index contributed by atoms with van der Waals surface area (Å²) in [4.78, 5) is 53.3. The SMILES string of the molecule is COC(=O)CC[C@@H](C)[C@H]1CC[C@H]2[C@@H]3CC[C@@H]4C[C@H](OC(=O)c5ccccc5)CC[C@]4(C)C3=C(NC(=O)C(C)(C)C)C(=O)[C@]12C. The maximum absolute atomic E-state index is 14.9. The molecule has 0 aromatic heterocycles. The van der Waals surface area contributed by atoms with Crippen molar-refractivity contribution in [2.45, 2.75) is 105 Å². The fraction of sp³-hybridized carbons (Fsp3) is 0.676. The van der Waals surface area contributed by atoms with Gasteiger partial charge in [-0.25, -0.2) is 4.79 Å². The number of benzene rings is 1. The third-order valence-corrected chi connectivity index (χ3v) is 12.0. The van der Waals surface area contributed by atoms with E-state index in [1.807, 2.05) is 39.0 Å². The van der Waals surface area contributed by atoms with E-state index >= 15 is 0 Å². The van der Waals surface area contributed by atoms with Gasteiger partial charge in [0.05, 0.1) is 18.4 Å². The van der Waals surface area contributed by atoms with Crippen molar-refractivity contribution in [3.05, 3.63) is 47.2 Å². The Bertz CT molecular complexity index is 1330. The first-order valence-corrected chi connectivity index (χ1v) is 16.7. The molecule has 44 heavy (non-hydrogen) atoms. The fourth-order valence-corrected chi connectivity index (χ4v) is 9.40. The van der Waals surface area contributed by atoms with Crippen LogP contribution in [0.25, 0.3) is 0 Å². The number of hydrogen-bond donors (Lipinski definition) is 1. The quantitative estimate of drug-likeness (QED) is 0.335. The maximum atomic E-state index is 14.9. The van der Waals surface area contributed by atoms with Gasteiger partial charge in [-0.2, -0.15) is 0 Å². The van der Waals surface area contributed by atoms with Gasteiger partial charge in [0, 0.05) is 17.3 Å². The van der Waals surface area contributed by atoms with E-state index in [1.54, 1.807) is 12.1 Å². The number of carbonyl (C=O) groups is 4. The number of methoxy groups -OCH3 is 1. The Hall–Kier alpha value is -2.96. The van der Waals surface area contributed by atoms with Gasteiger partial charge in [0.25, 0.3) is 0 Å². The number of hydrogen-bond acceptors (Lipinski definition) is 6. The van der Waals surface area contributed by atoms with E-state index in [0.717, 1.165) is 50.5 Å². The zero-order chi connectivity index (χ0) is 32.0. The van der Waals surface area contributed by atoms with Gasteiger partial charge in [-0.05, 0) is 104 Å². The lowest BCUT2D eigenvalue weighted by atomic mass is 9.47. The molecule has 0 unspecified atom stereocenters. The molecule has 1 N–H and O–H groups in total. The van der Waals surface area contributed by atoms with Crippen LogP contribution in [0.5, 0.6) is 0 Å². The number of ether oxygens (including phenoxy) is 2. The average molecular weight is 606 g/mol. The lowest BCUT2D eigenvalue weighted by Gasteiger charge is -2.57. The summed E-state index contributed by atoms with van der Waals surface area (Å²) in [5, 5.41) is 3.22. The number of fused-ring (bicyclic) bond motifs is 5. The summed E-state index contributed by atoms with van der Waals surface area (Å²) < 4.78 is 10.9. The molecular weight excluding hydrogens is 554 g/mol. The number of amides is 1. The van der Waals surface area contributed by atoms with Crippen LogP contribution in [0.1, 0.15) is 110 Å². The van der Waals surface area contributed by atoms with Gasteiger partial charge in [-0.3, -0.25) is 14.4 Å². The molecule has 0 heterocycles. The van der Waals surface area contributed by atoms with Crippen molar-refractivity contribution < 1.29 is 28.7 Å². The molecule has 8 atom stereocenters. The average Bonchev–Trinajstić information content (AvgIpc) is 3.36. The van der Waals surface area contributed by atoms with Crippen molar-refractivity contribution in [3.63, 3.8) is 0 Å². The van der Waals surface area contributed by atoms with Gasteiger partial charge < -0.3 is 14.8 Å². The van der Waals surface area contributed by atoms with Crippen LogP contribution >= 0.6 is 0 Å². The van der Waals surface area contributed by atoms with Crippen LogP contribution < -0.4 is 5.32 Å². The molecule has 240 valence electrons. The molecule has 0 spiro atoms. The molecule has 7 heteroatoms. The molecule has 0 aliphatic heterocycles. The topological polar surface area (TPSA) is 98.8 Å². The summed E-state index contributed by atoms with van der Waals surface area (Å²) in [6, 6.07) is 9.14. The summed E-state index contributed by atoms with van der Waals surface area (Å²) in [6.07, 6.45) is 7.04. The first-order chi connectivity index (χ1) is 20.7. The van der Waals surface area contributed by atoms with Crippen molar-refractivity contribution in [2.24, 2.45) is 45.8 Å². The van der Waals surface area contributed by atoms with Gasteiger partial charge >= 0.3 is 11.9 Å². The number of rotatable bonds is 7. The van der Waals surface area contributed by atoms with Crippen molar-refractivity contribution in [2.75, 3.05) is 7.11 Å². The summed E-state index contributed by atoms with van der Waals surface area (Å²) in [6.45, 7) is 12.2. The van der Waals surface area contributed by atoms with Gasteiger partial charge in [-0.15, -0.1) is 0 Å². The molecular formula is C37H51NO6. The number of allylic oxidation sites excluding steroid dienone is 2. The summed E-state index contributed by atoms with van der Waals surface area (Å²) in [7, 11) is 1.42. The Morgan fingerprint density at radius 3 is 2.39 bits per heavy atom. The first-order valence-electron chi connectivity index (χ1n) is 16.7. The first kappa shape index (κ1) is 32.4. The maximum Gasteiger partial charge on any atom is 0.338 e. The second-order valence-corrected chi connectivity index (χ2v) is 15.5. The van der Waals surface area contributed by atoms with Crippen LogP contribution in [0.4, 0.5) is 0 Å². The molecule has 0 bridgehead atoms.